The number of piperazine rings is 1. The molecule has 4 N–H and O–H groups in total. The number of rotatable bonds is 1. The molecule has 100 valence electrons. The lowest BCUT2D eigenvalue weighted by atomic mass is 9.96. The van der Waals surface area contributed by atoms with Crippen LogP contribution in [0.1, 0.15) is 32.1 Å². The molecule has 18 heavy (non-hydrogen) atoms. The summed E-state index contributed by atoms with van der Waals surface area (Å²) in [6.07, 6.45) is 5.68. The summed E-state index contributed by atoms with van der Waals surface area (Å²) in [7, 11) is 0. The van der Waals surface area contributed by atoms with E-state index in [1.807, 2.05) is 0 Å². The predicted molar refractivity (Wildman–Crippen MR) is 66.4 cm³/mol. The van der Waals surface area contributed by atoms with Crippen LogP contribution in [0.4, 0.5) is 0 Å². The second-order valence-corrected chi connectivity index (χ2v) is 4.72. The van der Waals surface area contributed by atoms with E-state index in [0.717, 1.165) is 12.8 Å². The zero-order chi connectivity index (χ0) is 13.0. The molecule has 2 aliphatic rings. The molecule has 0 unspecified atom stereocenters. The molecule has 1 saturated heterocycles. The van der Waals surface area contributed by atoms with E-state index in [9.17, 15) is 9.59 Å². The highest BCUT2D eigenvalue weighted by Gasteiger charge is 2.25. The minimum atomic E-state index is -0.321. The van der Waals surface area contributed by atoms with Gasteiger partial charge in [0.05, 0.1) is 6.04 Å². The normalized spacial score (nSPS) is 22.9. The molecule has 0 atom stereocenters. The highest BCUT2D eigenvalue weighted by molar-refractivity contribution is 6.02. The maximum Gasteiger partial charge on any atom is 0.246 e. The largest absolute Gasteiger partial charge is 0.323 e. The van der Waals surface area contributed by atoms with Crippen LogP contribution >= 0.6 is 0 Å². The van der Waals surface area contributed by atoms with Crippen LogP contribution < -0.4 is 16.6 Å². The van der Waals surface area contributed by atoms with Crippen LogP contribution in [-0.2, 0) is 9.59 Å². The topological polar surface area (TPSA) is 99.8 Å². The lowest BCUT2D eigenvalue weighted by molar-refractivity contribution is -0.134. The van der Waals surface area contributed by atoms with Crippen molar-refractivity contribution in [1.82, 2.24) is 15.6 Å². The molecule has 1 heterocycles. The number of nitrogens with zero attached hydrogens (tertiary/aromatic N) is 2. The van der Waals surface area contributed by atoms with Crippen LogP contribution in [0.25, 0.3) is 0 Å². The molecule has 2 fully saturated rings. The minimum Gasteiger partial charge on any atom is -0.323 e. The van der Waals surface area contributed by atoms with Crippen LogP contribution in [0.3, 0.4) is 0 Å². The van der Waals surface area contributed by atoms with Crippen LogP contribution in [0.5, 0.6) is 0 Å². The van der Waals surface area contributed by atoms with Crippen molar-refractivity contribution in [3.8, 4) is 0 Å². The number of nitrogens with two attached hydrogens (primary N) is 1. The van der Waals surface area contributed by atoms with Crippen molar-refractivity contribution in [3.63, 3.8) is 0 Å². The van der Waals surface area contributed by atoms with Gasteiger partial charge >= 0.3 is 0 Å². The number of imide groups is 1. The van der Waals surface area contributed by atoms with Crippen molar-refractivity contribution in [3.05, 3.63) is 0 Å². The van der Waals surface area contributed by atoms with E-state index in [2.05, 4.69) is 15.7 Å². The smallest absolute Gasteiger partial charge is 0.246 e. The maximum absolute atomic E-state index is 11.3. The first kappa shape index (κ1) is 12.8. The van der Waals surface area contributed by atoms with E-state index in [-0.39, 0.29) is 30.9 Å². The lowest BCUT2D eigenvalue weighted by Gasteiger charge is -2.29. The summed E-state index contributed by atoms with van der Waals surface area (Å²) >= 11 is 0. The number of nitrogens with one attached hydrogen (secondary N) is 2. The third-order valence-corrected chi connectivity index (χ3v) is 3.26. The van der Waals surface area contributed by atoms with E-state index in [4.69, 9.17) is 5.84 Å². The molecule has 0 aromatic carbocycles. The zero-order valence-electron chi connectivity index (χ0n) is 10.3. The number of amides is 2. The number of aliphatic imine (C=N–C) groups is 1. The Bertz CT molecular complexity index is 346. The number of hydrogen-bond acceptors (Lipinski definition) is 4. The predicted octanol–water partition coefficient (Wildman–Crippen LogP) is -0.903. The number of guanidine groups is 1. The van der Waals surface area contributed by atoms with Crippen molar-refractivity contribution in [2.45, 2.75) is 38.1 Å². The summed E-state index contributed by atoms with van der Waals surface area (Å²) in [4.78, 5) is 28.7. The van der Waals surface area contributed by atoms with Gasteiger partial charge in [-0.2, -0.15) is 0 Å². The van der Waals surface area contributed by atoms with Gasteiger partial charge in [0.15, 0.2) is 0 Å². The van der Waals surface area contributed by atoms with Gasteiger partial charge < -0.3 is 4.90 Å². The monoisotopic (exact) mass is 253 g/mol. The molecule has 0 bridgehead atoms. The van der Waals surface area contributed by atoms with E-state index < -0.39 is 0 Å². The summed E-state index contributed by atoms with van der Waals surface area (Å²) in [5, 5.41) is 2.25. The Morgan fingerprint density at radius 2 is 1.83 bits per heavy atom. The molecule has 1 aliphatic carbocycles. The molecule has 0 aromatic heterocycles. The average Bonchev–Trinajstić information content (AvgIpc) is 2.36. The summed E-state index contributed by atoms with van der Waals surface area (Å²) in [6.45, 7) is 0.225. The number of hydrazine groups is 1. The van der Waals surface area contributed by atoms with Gasteiger partial charge in [-0.05, 0) is 12.8 Å². The van der Waals surface area contributed by atoms with E-state index in [1.165, 1.54) is 19.3 Å². The molecule has 0 spiro atoms. The number of carbonyl (C=O) groups excluding carboxylic acids is 2. The third kappa shape index (κ3) is 3.19. The minimum absolute atomic E-state index is 0.113. The fourth-order valence-electron chi connectivity index (χ4n) is 2.38. The van der Waals surface area contributed by atoms with Crippen molar-refractivity contribution >= 4 is 17.8 Å². The Labute approximate surface area is 106 Å². The molecule has 2 amide bonds. The molecular weight excluding hydrogens is 234 g/mol. The lowest BCUT2D eigenvalue weighted by Crippen LogP contribution is -2.57. The Kier molecular flexibility index (Phi) is 4.14. The van der Waals surface area contributed by atoms with Crippen LogP contribution in [0, 0.1) is 0 Å². The second kappa shape index (κ2) is 5.81. The summed E-state index contributed by atoms with van der Waals surface area (Å²) in [5.74, 6) is 5.24. The first-order chi connectivity index (χ1) is 8.69. The van der Waals surface area contributed by atoms with Crippen LogP contribution in [0.2, 0.25) is 0 Å². The van der Waals surface area contributed by atoms with Gasteiger partial charge in [-0.1, -0.05) is 19.3 Å². The fraction of sp³-hybridized carbons (Fsp3) is 0.727. The van der Waals surface area contributed by atoms with E-state index in [1.54, 1.807) is 4.90 Å². The zero-order valence-corrected chi connectivity index (χ0v) is 10.3. The van der Waals surface area contributed by atoms with Gasteiger partial charge in [0.1, 0.15) is 13.1 Å². The van der Waals surface area contributed by atoms with Gasteiger partial charge in [-0.3, -0.25) is 20.3 Å². The number of hydrogen-bond donors (Lipinski definition) is 3. The van der Waals surface area contributed by atoms with Gasteiger partial charge in [0.2, 0.25) is 17.8 Å². The molecular formula is C11H19N5O2. The number of carbonyl (C=O) groups is 2. The van der Waals surface area contributed by atoms with E-state index >= 15 is 0 Å². The molecule has 2 rings (SSSR count). The van der Waals surface area contributed by atoms with E-state index in [0.29, 0.717) is 5.96 Å². The van der Waals surface area contributed by atoms with Gasteiger partial charge in [-0.15, -0.1) is 0 Å². The average molecular weight is 253 g/mol. The molecule has 7 heteroatoms. The third-order valence-electron chi connectivity index (χ3n) is 3.26. The van der Waals surface area contributed by atoms with Crippen molar-refractivity contribution in [1.29, 1.82) is 0 Å². The van der Waals surface area contributed by atoms with Crippen molar-refractivity contribution < 1.29 is 9.59 Å². The highest BCUT2D eigenvalue weighted by Crippen LogP contribution is 2.20. The van der Waals surface area contributed by atoms with Gasteiger partial charge in [0.25, 0.3) is 0 Å². The van der Waals surface area contributed by atoms with Crippen molar-refractivity contribution in [2.75, 3.05) is 13.1 Å². The molecule has 1 aliphatic heterocycles. The highest BCUT2D eigenvalue weighted by atomic mass is 16.2. The molecule has 0 aromatic rings. The van der Waals surface area contributed by atoms with Crippen molar-refractivity contribution in [2.24, 2.45) is 10.8 Å². The first-order valence-corrected chi connectivity index (χ1v) is 6.31. The SMILES string of the molecule is NNC(=NC1CCCCC1)N1CC(=O)NC(=O)C1. The molecule has 7 nitrogen and oxygen atoms in total. The second-order valence-electron chi connectivity index (χ2n) is 4.72. The standard InChI is InChI=1S/C11H19N5O2/c12-15-11(13-8-4-2-1-3-5-8)16-6-9(17)14-10(18)7-16/h8H,1-7,12H2,(H,13,15)(H,14,17,18). The summed E-state index contributed by atoms with van der Waals surface area (Å²) in [5.41, 5.74) is 2.50. The van der Waals surface area contributed by atoms with Gasteiger partial charge in [-0.25, -0.2) is 10.8 Å². The Balaban J connectivity index is 2.04. The Morgan fingerprint density at radius 1 is 1.22 bits per heavy atom. The van der Waals surface area contributed by atoms with Crippen LogP contribution in [-0.4, -0.2) is 41.8 Å². The Hall–Kier alpha value is -1.63. The van der Waals surface area contributed by atoms with Gasteiger partial charge in [0, 0.05) is 0 Å². The molecule has 1 saturated carbocycles. The summed E-state index contributed by atoms with van der Waals surface area (Å²) in [6, 6.07) is 0.241. The quantitative estimate of drug-likeness (QED) is 0.185. The maximum atomic E-state index is 11.3. The molecule has 0 radical (unpaired) electrons. The Morgan fingerprint density at radius 3 is 2.39 bits per heavy atom. The summed E-state index contributed by atoms with van der Waals surface area (Å²) < 4.78 is 0. The fourth-order valence-corrected chi connectivity index (χ4v) is 2.38. The van der Waals surface area contributed by atoms with Crippen LogP contribution in [0.15, 0.2) is 4.99 Å². The first-order valence-electron chi connectivity index (χ1n) is 6.31.